The summed E-state index contributed by atoms with van der Waals surface area (Å²) in [5.41, 5.74) is 2.66. The molecule has 0 saturated heterocycles. The molecule has 0 spiro atoms. The van der Waals surface area contributed by atoms with Gasteiger partial charge in [0.2, 0.25) is 10.0 Å². The van der Waals surface area contributed by atoms with Crippen LogP contribution in [-0.2, 0) is 23.0 Å². The van der Waals surface area contributed by atoms with Gasteiger partial charge in [0.15, 0.2) is 4.80 Å². The van der Waals surface area contributed by atoms with E-state index in [2.05, 4.69) is 35.7 Å². The number of amides is 1. The molecule has 0 N–H and O–H groups in total. The molecule has 0 unspecified atom stereocenters. The third kappa shape index (κ3) is 4.67. The molecule has 1 heterocycles. The zero-order chi connectivity index (χ0) is 23.3. The van der Waals surface area contributed by atoms with Gasteiger partial charge in [0.1, 0.15) is 0 Å². The second-order valence-electron chi connectivity index (χ2n) is 7.09. The average molecular weight is 470 g/mol. The van der Waals surface area contributed by atoms with Crippen molar-refractivity contribution in [3.05, 3.63) is 83.7 Å². The molecular formula is C24H27N3O3S2. The van der Waals surface area contributed by atoms with Crippen LogP contribution in [0.5, 0.6) is 0 Å². The molecule has 32 heavy (non-hydrogen) atoms. The molecule has 0 bridgehead atoms. The number of carbonyl (C=O) groups excluding carboxylic acids is 1. The standard InChI is InChI=1S/C24H27N3O3S2/c1-5-16-26(17-6-2)32(29,30)20-14-12-19(13-15-20)23(28)25-24-27(8-4)22-18(7-3)10-9-11-21(22)31-24/h5-6,9-15H,1-2,7-8,16-17H2,3-4H3. The number of nitrogens with zero attached hydrogens (tertiary/aromatic N) is 3. The van der Waals surface area contributed by atoms with Crippen LogP contribution in [0.4, 0.5) is 0 Å². The van der Waals surface area contributed by atoms with Crippen LogP contribution in [-0.4, -0.2) is 36.3 Å². The molecule has 0 atom stereocenters. The van der Waals surface area contributed by atoms with Gasteiger partial charge in [-0.2, -0.15) is 9.30 Å². The lowest BCUT2D eigenvalue weighted by Crippen LogP contribution is -2.31. The van der Waals surface area contributed by atoms with Gasteiger partial charge in [-0.05, 0) is 49.2 Å². The van der Waals surface area contributed by atoms with Gasteiger partial charge in [-0.3, -0.25) is 4.79 Å². The van der Waals surface area contributed by atoms with E-state index in [0.29, 0.717) is 16.9 Å². The third-order valence-electron chi connectivity index (χ3n) is 5.08. The summed E-state index contributed by atoms with van der Waals surface area (Å²) in [5, 5.41) is 0. The molecule has 0 aliphatic heterocycles. The van der Waals surface area contributed by atoms with E-state index in [0.717, 1.165) is 16.6 Å². The largest absolute Gasteiger partial charge is 0.316 e. The lowest BCUT2D eigenvalue weighted by atomic mass is 10.1. The Bertz CT molecular complexity index is 1310. The Morgan fingerprint density at radius 3 is 2.31 bits per heavy atom. The van der Waals surface area contributed by atoms with Crippen molar-refractivity contribution in [3.8, 4) is 0 Å². The van der Waals surface area contributed by atoms with Crippen molar-refractivity contribution < 1.29 is 13.2 Å². The number of benzene rings is 2. The number of hydrogen-bond donors (Lipinski definition) is 0. The zero-order valence-corrected chi connectivity index (χ0v) is 20.0. The van der Waals surface area contributed by atoms with Crippen molar-refractivity contribution in [1.29, 1.82) is 0 Å². The van der Waals surface area contributed by atoms with Gasteiger partial charge in [0.25, 0.3) is 5.91 Å². The van der Waals surface area contributed by atoms with Crippen molar-refractivity contribution in [2.75, 3.05) is 13.1 Å². The molecule has 168 valence electrons. The summed E-state index contributed by atoms with van der Waals surface area (Å²) in [6, 6.07) is 12.0. The number of thiazole rings is 1. The van der Waals surface area contributed by atoms with Crippen LogP contribution >= 0.6 is 11.3 Å². The summed E-state index contributed by atoms with van der Waals surface area (Å²) in [6.07, 6.45) is 3.94. The Morgan fingerprint density at radius 2 is 1.75 bits per heavy atom. The number of aromatic nitrogens is 1. The predicted octanol–water partition coefficient (Wildman–Crippen LogP) is 4.39. The molecule has 0 aliphatic carbocycles. The Labute approximate surface area is 192 Å². The average Bonchev–Trinajstić information content (AvgIpc) is 3.16. The number of sulfonamides is 1. The second kappa shape index (κ2) is 10.2. The van der Waals surface area contributed by atoms with Crippen molar-refractivity contribution in [2.24, 2.45) is 4.99 Å². The Kier molecular flexibility index (Phi) is 7.60. The Morgan fingerprint density at radius 1 is 1.09 bits per heavy atom. The topological polar surface area (TPSA) is 71.7 Å². The van der Waals surface area contributed by atoms with Crippen LogP contribution in [0.25, 0.3) is 10.2 Å². The normalized spacial score (nSPS) is 12.4. The first kappa shape index (κ1) is 23.8. The fourth-order valence-corrected chi connectivity index (χ4v) is 6.02. The highest BCUT2D eigenvalue weighted by molar-refractivity contribution is 7.89. The van der Waals surface area contributed by atoms with Gasteiger partial charge < -0.3 is 4.57 Å². The van der Waals surface area contributed by atoms with E-state index in [1.807, 2.05) is 19.1 Å². The van der Waals surface area contributed by atoms with Crippen LogP contribution < -0.4 is 4.80 Å². The zero-order valence-electron chi connectivity index (χ0n) is 18.3. The van der Waals surface area contributed by atoms with Crippen molar-refractivity contribution in [2.45, 2.75) is 31.7 Å². The minimum atomic E-state index is -3.72. The lowest BCUT2D eigenvalue weighted by Gasteiger charge is -2.19. The van der Waals surface area contributed by atoms with Gasteiger partial charge in [0.05, 0.1) is 15.1 Å². The summed E-state index contributed by atoms with van der Waals surface area (Å²) >= 11 is 1.48. The Balaban J connectivity index is 1.97. The van der Waals surface area contributed by atoms with Crippen LogP contribution in [0, 0.1) is 0 Å². The second-order valence-corrected chi connectivity index (χ2v) is 10.0. The van der Waals surface area contributed by atoms with E-state index in [4.69, 9.17) is 0 Å². The van der Waals surface area contributed by atoms with E-state index in [9.17, 15) is 13.2 Å². The molecule has 1 aromatic heterocycles. The number of rotatable bonds is 9. The highest BCUT2D eigenvalue weighted by Crippen LogP contribution is 2.22. The number of carbonyl (C=O) groups is 1. The maximum absolute atomic E-state index is 12.9. The predicted molar refractivity (Wildman–Crippen MR) is 130 cm³/mol. The van der Waals surface area contributed by atoms with Gasteiger partial charge in [0, 0.05) is 25.2 Å². The Hall–Kier alpha value is -2.81. The first-order chi connectivity index (χ1) is 15.4. The van der Waals surface area contributed by atoms with Crippen LogP contribution in [0.2, 0.25) is 0 Å². The SMILES string of the molecule is C=CCN(CC=C)S(=O)(=O)c1ccc(C(=O)N=c2sc3cccc(CC)c3n2CC)cc1. The van der Waals surface area contributed by atoms with E-state index in [1.54, 1.807) is 0 Å². The number of hydrogen-bond acceptors (Lipinski definition) is 4. The molecule has 0 radical (unpaired) electrons. The van der Waals surface area contributed by atoms with Gasteiger partial charge in [-0.25, -0.2) is 8.42 Å². The fourth-order valence-electron chi connectivity index (χ4n) is 3.50. The van der Waals surface area contributed by atoms with Crippen molar-refractivity contribution in [1.82, 2.24) is 8.87 Å². The van der Waals surface area contributed by atoms with Gasteiger partial charge in [-0.15, -0.1) is 13.2 Å². The number of fused-ring (bicyclic) bond motifs is 1. The monoisotopic (exact) mass is 469 g/mol. The molecule has 2 aromatic carbocycles. The summed E-state index contributed by atoms with van der Waals surface area (Å²) < 4.78 is 30.1. The molecule has 1 amide bonds. The molecule has 0 saturated carbocycles. The minimum absolute atomic E-state index is 0.107. The molecule has 3 rings (SSSR count). The maximum Gasteiger partial charge on any atom is 0.279 e. The van der Waals surface area contributed by atoms with Crippen molar-refractivity contribution in [3.63, 3.8) is 0 Å². The van der Waals surface area contributed by atoms with Crippen LogP contribution in [0.3, 0.4) is 0 Å². The van der Waals surface area contributed by atoms with E-state index in [1.165, 1.54) is 57.6 Å². The van der Waals surface area contributed by atoms with Gasteiger partial charge >= 0.3 is 0 Å². The first-order valence-corrected chi connectivity index (χ1v) is 12.6. The summed E-state index contributed by atoms with van der Waals surface area (Å²) in [6.45, 7) is 12.4. The number of para-hydroxylation sites is 1. The molecule has 6 nitrogen and oxygen atoms in total. The number of aryl methyl sites for hydroxylation is 2. The fraction of sp³-hybridized carbons (Fsp3) is 0.250. The molecule has 3 aromatic rings. The van der Waals surface area contributed by atoms with E-state index in [-0.39, 0.29) is 18.0 Å². The highest BCUT2D eigenvalue weighted by Gasteiger charge is 2.22. The van der Waals surface area contributed by atoms with Crippen molar-refractivity contribution >= 4 is 37.5 Å². The minimum Gasteiger partial charge on any atom is -0.316 e. The van der Waals surface area contributed by atoms with Crippen LogP contribution in [0.15, 0.2) is 77.7 Å². The molecular weight excluding hydrogens is 442 g/mol. The molecule has 8 heteroatoms. The van der Waals surface area contributed by atoms with Crippen LogP contribution in [0.1, 0.15) is 29.8 Å². The summed E-state index contributed by atoms with van der Waals surface area (Å²) in [5.74, 6) is -0.408. The summed E-state index contributed by atoms with van der Waals surface area (Å²) in [7, 11) is -3.72. The summed E-state index contributed by atoms with van der Waals surface area (Å²) in [4.78, 5) is 17.9. The lowest BCUT2D eigenvalue weighted by molar-refractivity contribution is 0.0997. The highest BCUT2D eigenvalue weighted by atomic mass is 32.2. The quantitative estimate of drug-likeness (QED) is 0.437. The van der Waals surface area contributed by atoms with Gasteiger partial charge in [-0.1, -0.05) is 42.5 Å². The first-order valence-electron chi connectivity index (χ1n) is 10.4. The smallest absolute Gasteiger partial charge is 0.279 e. The molecule has 0 aliphatic rings. The maximum atomic E-state index is 12.9. The van der Waals surface area contributed by atoms with E-state index < -0.39 is 15.9 Å². The third-order valence-corrected chi connectivity index (χ3v) is 7.97. The van der Waals surface area contributed by atoms with E-state index >= 15 is 0 Å². The molecule has 0 fully saturated rings.